The number of allylic oxidation sites excluding steroid dienone is 3. The van der Waals surface area contributed by atoms with Crippen molar-refractivity contribution in [3.63, 3.8) is 0 Å². The number of benzene rings is 1. The number of anilines is 2. The van der Waals surface area contributed by atoms with Gasteiger partial charge in [-0.05, 0) is 74.5 Å². The van der Waals surface area contributed by atoms with Crippen LogP contribution in [0.1, 0.15) is 55.6 Å². The van der Waals surface area contributed by atoms with Gasteiger partial charge in [0.1, 0.15) is 11.5 Å². The molecule has 10 nitrogen and oxygen atoms in total. The Hall–Kier alpha value is -3.34. The largest absolute Gasteiger partial charge is 0.497 e. The molecule has 0 spiro atoms. The molecule has 2 atom stereocenters. The second-order valence-electron chi connectivity index (χ2n) is 11.4. The number of likely N-dealkylation sites (N-methyl/N-ethyl adjacent to an activating group) is 1. The Labute approximate surface area is 268 Å². The van der Waals surface area contributed by atoms with Gasteiger partial charge in [0, 0.05) is 13.0 Å². The Morgan fingerprint density at radius 3 is 2.39 bits per heavy atom. The summed E-state index contributed by atoms with van der Waals surface area (Å²) < 4.78 is 11.6. The van der Waals surface area contributed by atoms with Crippen LogP contribution in [-0.4, -0.2) is 91.8 Å². The zero-order chi connectivity index (χ0) is 32.0. The Morgan fingerprint density at radius 1 is 1.02 bits per heavy atom. The summed E-state index contributed by atoms with van der Waals surface area (Å²) in [4.78, 5) is 23.6. The van der Waals surface area contributed by atoms with Gasteiger partial charge >= 0.3 is 0 Å². The van der Waals surface area contributed by atoms with E-state index in [4.69, 9.17) is 32.5 Å². The van der Waals surface area contributed by atoms with Gasteiger partial charge in [-0.1, -0.05) is 43.7 Å². The van der Waals surface area contributed by atoms with Crippen LogP contribution in [0.15, 0.2) is 48.3 Å². The summed E-state index contributed by atoms with van der Waals surface area (Å²) in [6.07, 6.45) is 11.7. The Kier molecular flexibility index (Phi) is 14.2. The third-order valence-corrected chi connectivity index (χ3v) is 8.91. The number of hydrogen-bond donors (Lipinski definition) is 3. The number of nitrogens with zero attached hydrogens (tertiary/aromatic N) is 4. The lowest BCUT2D eigenvalue weighted by Crippen LogP contribution is -2.56. The number of nitrogens with one attached hydrogen (secondary N) is 1. The minimum Gasteiger partial charge on any atom is -0.497 e. The zero-order valence-corrected chi connectivity index (χ0v) is 27.6. The number of ether oxygens (including phenoxy) is 2. The van der Waals surface area contributed by atoms with Gasteiger partial charge in [-0.3, -0.25) is 9.69 Å². The normalized spacial score (nSPS) is 16.0. The standard InChI is InChI=1S/C33H50ClN7O3/c1-5-40(6-2)20-24-41(21-7-9-25-11-15-27(43-3)16-12-25,22-8-10-26-13-17-28(44-4)18-14-26)23-19-37-33(42)29-31(35)39-32(36)30(34)38-29/h11-13,15-18,26H,5-10,14,19-24H2,1-4H3,(H4-,35,36,37,39,42)/p+1. The van der Waals surface area contributed by atoms with Crippen LogP contribution in [0.25, 0.3) is 0 Å². The molecule has 2 aromatic rings. The van der Waals surface area contributed by atoms with E-state index in [0.717, 1.165) is 93.9 Å². The lowest BCUT2D eigenvalue weighted by Gasteiger charge is -2.41. The molecule has 242 valence electrons. The number of rotatable bonds is 19. The van der Waals surface area contributed by atoms with E-state index in [0.29, 0.717) is 12.5 Å². The summed E-state index contributed by atoms with van der Waals surface area (Å²) in [5.41, 5.74) is 12.9. The number of aryl methyl sites for hydroxylation is 1. The zero-order valence-electron chi connectivity index (χ0n) is 26.9. The van der Waals surface area contributed by atoms with Crippen molar-refractivity contribution in [1.29, 1.82) is 0 Å². The van der Waals surface area contributed by atoms with Crippen LogP contribution in [0.4, 0.5) is 11.6 Å². The number of halogens is 1. The molecule has 11 heteroatoms. The van der Waals surface area contributed by atoms with E-state index < -0.39 is 5.91 Å². The van der Waals surface area contributed by atoms with E-state index in [1.54, 1.807) is 14.2 Å². The molecular formula is C33H51ClN7O3+. The first-order valence-electron chi connectivity index (χ1n) is 15.7. The fraction of sp³-hybridized carbons (Fsp3) is 0.545. The fourth-order valence-corrected chi connectivity index (χ4v) is 5.90. The van der Waals surface area contributed by atoms with Crippen LogP contribution < -0.4 is 21.5 Å². The monoisotopic (exact) mass is 628 g/mol. The first-order chi connectivity index (χ1) is 21.2. The van der Waals surface area contributed by atoms with E-state index >= 15 is 0 Å². The van der Waals surface area contributed by atoms with Crippen molar-refractivity contribution in [2.75, 3.05) is 78.0 Å². The lowest BCUT2D eigenvalue weighted by atomic mass is 9.94. The number of methoxy groups -OCH3 is 2. The Morgan fingerprint density at radius 2 is 1.75 bits per heavy atom. The third-order valence-electron chi connectivity index (χ3n) is 8.63. The molecule has 0 bridgehead atoms. The van der Waals surface area contributed by atoms with Crippen molar-refractivity contribution in [1.82, 2.24) is 20.2 Å². The second kappa shape index (κ2) is 17.8. The minimum atomic E-state index is -0.398. The molecule has 44 heavy (non-hydrogen) atoms. The van der Waals surface area contributed by atoms with Crippen molar-refractivity contribution in [3.8, 4) is 5.75 Å². The van der Waals surface area contributed by atoms with Crippen LogP contribution in [0.3, 0.4) is 0 Å². The highest BCUT2D eigenvalue weighted by molar-refractivity contribution is 6.31. The molecule has 0 aliphatic heterocycles. The topological polar surface area (TPSA) is 129 Å². The fourth-order valence-electron chi connectivity index (χ4n) is 5.77. The molecule has 1 aliphatic carbocycles. The molecule has 1 aromatic carbocycles. The van der Waals surface area contributed by atoms with E-state index in [9.17, 15) is 4.79 Å². The number of nitrogen functional groups attached to an aromatic ring is 2. The summed E-state index contributed by atoms with van der Waals surface area (Å²) in [5, 5.41) is 3.00. The van der Waals surface area contributed by atoms with Crippen molar-refractivity contribution in [2.45, 2.75) is 46.0 Å². The predicted molar refractivity (Wildman–Crippen MR) is 179 cm³/mol. The van der Waals surface area contributed by atoms with Gasteiger partial charge < -0.3 is 30.7 Å². The Balaban J connectivity index is 1.74. The third kappa shape index (κ3) is 10.7. The summed E-state index contributed by atoms with van der Waals surface area (Å²) >= 11 is 6.03. The minimum absolute atomic E-state index is 0.00230. The molecule has 3 rings (SSSR count). The van der Waals surface area contributed by atoms with Gasteiger partial charge in [-0.25, -0.2) is 9.97 Å². The van der Waals surface area contributed by atoms with Crippen LogP contribution in [0.2, 0.25) is 5.15 Å². The smallest absolute Gasteiger partial charge is 0.273 e. The number of nitrogens with two attached hydrogens (primary N) is 2. The predicted octanol–water partition coefficient (Wildman–Crippen LogP) is 4.71. The SMILES string of the molecule is CCN(CC)CC[N+](CCCc1ccc(OC)cc1)(CCCC1C=CC(OC)=CC1)CCNC(=O)c1nc(Cl)c(N)nc1N. The van der Waals surface area contributed by atoms with Crippen LogP contribution >= 0.6 is 11.6 Å². The molecule has 2 unspecified atom stereocenters. The first kappa shape index (κ1) is 35.1. The van der Waals surface area contributed by atoms with E-state index in [2.05, 4.69) is 64.4 Å². The van der Waals surface area contributed by atoms with E-state index in [1.807, 2.05) is 12.1 Å². The Bertz CT molecular complexity index is 1250. The first-order valence-corrected chi connectivity index (χ1v) is 16.1. The molecule has 0 saturated carbocycles. The number of aromatic nitrogens is 2. The van der Waals surface area contributed by atoms with Gasteiger partial charge in [0.25, 0.3) is 5.91 Å². The highest BCUT2D eigenvalue weighted by atomic mass is 35.5. The van der Waals surface area contributed by atoms with Gasteiger partial charge in [0.2, 0.25) is 0 Å². The van der Waals surface area contributed by atoms with Crippen molar-refractivity contribution >= 4 is 29.1 Å². The van der Waals surface area contributed by atoms with Crippen LogP contribution in [0, 0.1) is 5.92 Å². The van der Waals surface area contributed by atoms with Gasteiger partial charge in [-0.15, -0.1) is 0 Å². The maximum atomic E-state index is 13.1. The molecule has 1 heterocycles. The summed E-state index contributed by atoms with van der Waals surface area (Å²) in [6, 6.07) is 8.33. The van der Waals surface area contributed by atoms with Crippen LogP contribution in [0.5, 0.6) is 5.75 Å². The number of quaternary nitrogens is 1. The molecule has 0 fully saturated rings. The van der Waals surface area contributed by atoms with Gasteiger partial charge in [-0.2, -0.15) is 0 Å². The molecule has 0 radical (unpaired) electrons. The van der Waals surface area contributed by atoms with Gasteiger partial charge in [0.15, 0.2) is 22.5 Å². The van der Waals surface area contributed by atoms with Crippen LogP contribution in [-0.2, 0) is 11.2 Å². The van der Waals surface area contributed by atoms with Crippen molar-refractivity contribution in [3.05, 3.63) is 64.7 Å². The molecule has 5 N–H and O–H groups in total. The number of carbonyl (C=O) groups is 1. The number of carbonyl (C=O) groups excluding carboxylic acids is 1. The maximum absolute atomic E-state index is 13.1. The van der Waals surface area contributed by atoms with Crippen molar-refractivity contribution < 1.29 is 18.8 Å². The van der Waals surface area contributed by atoms with E-state index in [1.165, 1.54) is 5.56 Å². The maximum Gasteiger partial charge on any atom is 0.273 e. The van der Waals surface area contributed by atoms with Gasteiger partial charge in [0.05, 0.1) is 46.9 Å². The highest BCUT2D eigenvalue weighted by Crippen LogP contribution is 2.23. The lowest BCUT2D eigenvalue weighted by molar-refractivity contribution is -0.927. The molecule has 0 saturated heterocycles. The highest BCUT2D eigenvalue weighted by Gasteiger charge is 2.28. The summed E-state index contributed by atoms with van der Waals surface area (Å²) in [6.45, 7) is 11.7. The quantitative estimate of drug-likeness (QED) is 0.191. The summed E-state index contributed by atoms with van der Waals surface area (Å²) in [5.74, 6) is 1.89. The molecule has 1 amide bonds. The van der Waals surface area contributed by atoms with Crippen molar-refractivity contribution in [2.24, 2.45) is 5.92 Å². The average Bonchev–Trinajstić information content (AvgIpc) is 3.03. The summed E-state index contributed by atoms with van der Waals surface area (Å²) in [7, 11) is 3.40. The second-order valence-corrected chi connectivity index (χ2v) is 11.8. The number of hydrogen-bond acceptors (Lipinski definition) is 8. The average molecular weight is 629 g/mol. The molecule has 1 aliphatic rings. The molecule has 1 aromatic heterocycles. The molecular weight excluding hydrogens is 578 g/mol. The number of amides is 1. The van der Waals surface area contributed by atoms with E-state index in [-0.39, 0.29) is 22.5 Å².